The van der Waals surface area contributed by atoms with E-state index in [9.17, 15) is 13.2 Å². The van der Waals surface area contributed by atoms with E-state index >= 15 is 0 Å². The first-order valence-corrected chi connectivity index (χ1v) is 6.93. The molecular formula is C13H14F3NOS. The van der Waals surface area contributed by atoms with Crippen molar-refractivity contribution < 1.29 is 18.4 Å². The molecule has 0 aliphatic heterocycles. The summed E-state index contributed by atoms with van der Waals surface area (Å²) in [6, 6.07) is 5.11. The first kappa shape index (κ1) is 14.2. The maximum Gasteiger partial charge on any atom is 0.416 e. The van der Waals surface area contributed by atoms with Crippen LogP contribution in [0.2, 0.25) is 0 Å². The quantitative estimate of drug-likeness (QED) is 0.639. The largest absolute Gasteiger partial charge is 0.416 e. The van der Waals surface area contributed by atoms with Gasteiger partial charge in [-0.3, -0.25) is 0 Å². The highest BCUT2D eigenvalue weighted by Crippen LogP contribution is 2.34. The van der Waals surface area contributed by atoms with Gasteiger partial charge in [0.25, 0.3) is 0 Å². The Hall–Kier alpha value is -1.17. The highest BCUT2D eigenvalue weighted by atomic mass is 32.2. The molecule has 2 rings (SSSR count). The Kier molecular flexibility index (Phi) is 4.39. The molecule has 1 aromatic rings. The predicted molar refractivity (Wildman–Crippen MR) is 68.8 cm³/mol. The predicted octanol–water partition coefficient (Wildman–Crippen LogP) is 4.57. The van der Waals surface area contributed by atoms with Crippen LogP contribution in [-0.2, 0) is 6.18 Å². The van der Waals surface area contributed by atoms with Gasteiger partial charge in [0.1, 0.15) is 0 Å². The fourth-order valence-electron chi connectivity index (χ4n) is 2.09. The summed E-state index contributed by atoms with van der Waals surface area (Å²) in [5.41, 5.74) is 0.0905. The van der Waals surface area contributed by atoms with Crippen molar-refractivity contribution in [3.05, 3.63) is 29.8 Å². The van der Waals surface area contributed by atoms with Crippen molar-refractivity contribution in [1.82, 2.24) is 0 Å². The minimum Gasteiger partial charge on any atom is -0.411 e. The van der Waals surface area contributed by atoms with Gasteiger partial charge in [0.2, 0.25) is 0 Å². The zero-order chi connectivity index (χ0) is 13.9. The van der Waals surface area contributed by atoms with Gasteiger partial charge in [-0.15, -0.1) is 11.8 Å². The summed E-state index contributed by atoms with van der Waals surface area (Å²) >= 11 is 1.46. The van der Waals surface area contributed by atoms with Crippen LogP contribution < -0.4 is 0 Å². The lowest BCUT2D eigenvalue weighted by molar-refractivity contribution is -0.137. The second-order valence-electron chi connectivity index (χ2n) is 4.47. The molecule has 0 aromatic heterocycles. The number of rotatable bonds is 2. The fourth-order valence-corrected chi connectivity index (χ4v) is 3.30. The Morgan fingerprint density at radius 3 is 2.42 bits per heavy atom. The first-order valence-electron chi connectivity index (χ1n) is 6.05. The van der Waals surface area contributed by atoms with Crippen molar-refractivity contribution >= 4 is 17.5 Å². The molecule has 0 radical (unpaired) electrons. The van der Waals surface area contributed by atoms with Crippen LogP contribution in [0.1, 0.15) is 31.2 Å². The van der Waals surface area contributed by atoms with Crippen molar-refractivity contribution in [3.63, 3.8) is 0 Å². The third kappa shape index (κ3) is 3.65. The van der Waals surface area contributed by atoms with Crippen LogP contribution in [0.4, 0.5) is 13.2 Å². The summed E-state index contributed by atoms with van der Waals surface area (Å²) in [6.45, 7) is 0. The highest BCUT2D eigenvalue weighted by Gasteiger charge is 2.30. The van der Waals surface area contributed by atoms with Gasteiger partial charge in [-0.25, -0.2) is 0 Å². The van der Waals surface area contributed by atoms with Gasteiger partial charge in [0, 0.05) is 4.90 Å². The van der Waals surface area contributed by atoms with E-state index in [0.717, 1.165) is 48.4 Å². The molecule has 0 saturated heterocycles. The monoisotopic (exact) mass is 289 g/mol. The molecule has 0 amide bonds. The summed E-state index contributed by atoms with van der Waals surface area (Å²) in [5.74, 6) is 0. The van der Waals surface area contributed by atoms with Crippen LogP contribution in [0.15, 0.2) is 34.3 Å². The number of benzene rings is 1. The minimum absolute atomic E-state index is 0.0653. The molecule has 0 unspecified atom stereocenters. The third-order valence-electron chi connectivity index (χ3n) is 3.11. The van der Waals surface area contributed by atoms with Crippen LogP contribution in [0.3, 0.4) is 0 Å². The lowest BCUT2D eigenvalue weighted by atomic mass is 9.98. The van der Waals surface area contributed by atoms with Gasteiger partial charge in [-0.1, -0.05) is 11.6 Å². The molecular weight excluding hydrogens is 275 g/mol. The summed E-state index contributed by atoms with van der Waals surface area (Å²) < 4.78 is 37.3. The van der Waals surface area contributed by atoms with Crippen molar-refractivity contribution in [2.45, 2.75) is 42.0 Å². The summed E-state index contributed by atoms with van der Waals surface area (Å²) in [5, 5.41) is 12.3. The minimum atomic E-state index is -4.30. The van der Waals surface area contributed by atoms with Gasteiger partial charge in [-0.2, -0.15) is 13.2 Å². The molecule has 1 aliphatic carbocycles. The molecule has 1 fully saturated rings. The Labute approximate surface area is 113 Å². The van der Waals surface area contributed by atoms with E-state index in [4.69, 9.17) is 5.21 Å². The zero-order valence-electron chi connectivity index (χ0n) is 10.2. The number of halogens is 3. The van der Waals surface area contributed by atoms with E-state index < -0.39 is 11.7 Å². The van der Waals surface area contributed by atoms with E-state index in [1.165, 1.54) is 23.9 Å². The maximum atomic E-state index is 12.4. The first-order chi connectivity index (χ1) is 9.00. The molecule has 0 spiro atoms. The molecule has 1 aliphatic rings. The van der Waals surface area contributed by atoms with E-state index in [2.05, 4.69) is 5.16 Å². The normalized spacial score (nSPS) is 22.7. The third-order valence-corrected chi connectivity index (χ3v) is 4.45. The number of oxime groups is 1. The Balaban J connectivity index is 2.07. The van der Waals surface area contributed by atoms with Crippen molar-refractivity contribution in [2.75, 3.05) is 0 Å². The summed E-state index contributed by atoms with van der Waals surface area (Å²) in [6.07, 6.45) is -0.591. The zero-order valence-corrected chi connectivity index (χ0v) is 11.0. The van der Waals surface area contributed by atoms with Gasteiger partial charge in [0.05, 0.1) is 16.5 Å². The highest BCUT2D eigenvalue weighted by molar-refractivity contribution is 8.00. The van der Waals surface area contributed by atoms with Gasteiger partial charge in [0.15, 0.2) is 0 Å². The van der Waals surface area contributed by atoms with Crippen molar-refractivity contribution in [3.8, 4) is 0 Å². The molecule has 2 nitrogen and oxygen atoms in total. The molecule has 0 bridgehead atoms. The van der Waals surface area contributed by atoms with E-state index in [0.29, 0.717) is 0 Å². The molecule has 1 saturated carbocycles. The van der Waals surface area contributed by atoms with Crippen LogP contribution in [-0.4, -0.2) is 16.2 Å². The summed E-state index contributed by atoms with van der Waals surface area (Å²) in [4.78, 5) is 0.765. The second kappa shape index (κ2) is 5.86. The van der Waals surface area contributed by atoms with Crippen molar-refractivity contribution in [1.29, 1.82) is 0 Å². The summed E-state index contributed by atoms with van der Waals surface area (Å²) in [7, 11) is 0. The number of hydrogen-bond acceptors (Lipinski definition) is 3. The molecule has 1 N–H and O–H groups in total. The number of alkyl halides is 3. The molecule has 104 valence electrons. The standard InChI is InChI=1S/C13H14F3NOS/c14-13(15,16)9-5-7-10(8-6-9)19-12-4-2-1-3-11(12)17-18/h5-8,12,18H,1-4H2/b17-11+/t12-/m0/s1. The van der Waals surface area contributed by atoms with Crippen LogP contribution in [0.5, 0.6) is 0 Å². The maximum absolute atomic E-state index is 12.4. The molecule has 6 heteroatoms. The van der Waals surface area contributed by atoms with Gasteiger partial charge < -0.3 is 5.21 Å². The fraction of sp³-hybridized carbons (Fsp3) is 0.462. The van der Waals surface area contributed by atoms with Gasteiger partial charge >= 0.3 is 6.18 Å². The Morgan fingerprint density at radius 1 is 1.16 bits per heavy atom. The van der Waals surface area contributed by atoms with Crippen LogP contribution in [0, 0.1) is 0 Å². The lowest BCUT2D eigenvalue weighted by Crippen LogP contribution is -2.21. The smallest absolute Gasteiger partial charge is 0.411 e. The molecule has 0 heterocycles. The lowest BCUT2D eigenvalue weighted by Gasteiger charge is -2.22. The van der Waals surface area contributed by atoms with E-state index in [-0.39, 0.29) is 5.25 Å². The topological polar surface area (TPSA) is 32.6 Å². The SMILES string of the molecule is O/N=C1\CCCC[C@@H]1Sc1ccc(C(F)(F)F)cc1. The van der Waals surface area contributed by atoms with E-state index in [1.807, 2.05) is 0 Å². The van der Waals surface area contributed by atoms with Crippen LogP contribution >= 0.6 is 11.8 Å². The molecule has 1 atom stereocenters. The average Bonchev–Trinajstić information content (AvgIpc) is 2.39. The number of thioether (sulfide) groups is 1. The van der Waals surface area contributed by atoms with Crippen LogP contribution in [0.25, 0.3) is 0 Å². The average molecular weight is 289 g/mol. The molecule has 19 heavy (non-hydrogen) atoms. The Morgan fingerprint density at radius 2 is 1.84 bits per heavy atom. The second-order valence-corrected chi connectivity index (χ2v) is 5.74. The van der Waals surface area contributed by atoms with Crippen molar-refractivity contribution in [2.24, 2.45) is 5.16 Å². The molecule has 1 aromatic carbocycles. The Bertz CT molecular complexity index is 456. The number of hydrogen-bond donors (Lipinski definition) is 1. The number of nitrogens with zero attached hydrogens (tertiary/aromatic N) is 1. The van der Waals surface area contributed by atoms with Gasteiger partial charge in [-0.05, 0) is 43.5 Å². The van der Waals surface area contributed by atoms with E-state index in [1.54, 1.807) is 0 Å².